The van der Waals surface area contributed by atoms with Gasteiger partial charge in [-0.2, -0.15) is 0 Å². The molecule has 0 N–H and O–H groups in total. The van der Waals surface area contributed by atoms with Crippen molar-refractivity contribution in [2.75, 3.05) is 18.0 Å². The van der Waals surface area contributed by atoms with Crippen LogP contribution in [0.15, 0.2) is 12.1 Å². The molecule has 1 saturated carbocycles. The molecule has 0 radical (unpaired) electrons. The summed E-state index contributed by atoms with van der Waals surface area (Å²) in [5.41, 5.74) is 2.20. The molecule has 0 saturated heterocycles. The third-order valence-electron chi connectivity index (χ3n) is 3.32. The third kappa shape index (κ3) is 3.35. The van der Waals surface area contributed by atoms with Crippen molar-refractivity contribution in [2.45, 2.75) is 39.0 Å². The van der Waals surface area contributed by atoms with E-state index in [9.17, 15) is 0 Å². The van der Waals surface area contributed by atoms with Gasteiger partial charge in [-0.1, -0.05) is 13.0 Å². The van der Waals surface area contributed by atoms with Crippen LogP contribution in [-0.4, -0.2) is 18.1 Å². The van der Waals surface area contributed by atoms with Crippen LogP contribution in [0, 0.1) is 12.8 Å². The zero-order valence-electron chi connectivity index (χ0n) is 10.7. The highest BCUT2D eigenvalue weighted by Crippen LogP contribution is 2.31. The van der Waals surface area contributed by atoms with Crippen molar-refractivity contribution in [3.8, 4) is 0 Å². The molecular formula is C14H21ClN2. The summed E-state index contributed by atoms with van der Waals surface area (Å²) < 4.78 is 0. The second kappa shape index (κ2) is 5.72. The summed E-state index contributed by atoms with van der Waals surface area (Å²) in [4.78, 5) is 7.10. The highest BCUT2D eigenvalue weighted by atomic mass is 35.5. The van der Waals surface area contributed by atoms with Gasteiger partial charge in [0.25, 0.3) is 0 Å². The molecule has 0 unspecified atom stereocenters. The molecule has 1 heterocycles. The highest BCUT2D eigenvalue weighted by Gasteiger charge is 2.24. The van der Waals surface area contributed by atoms with E-state index in [0.717, 1.165) is 29.5 Å². The lowest BCUT2D eigenvalue weighted by molar-refractivity contribution is 0.698. The van der Waals surface area contributed by atoms with Crippen LogP contribution < -0.4 is 4.90 Å². The minimum atomic E-state index is 0.551. The van der Waals surface area contributed by atoms with Crippen molar-refractivity contribution in [3.05, 3.63) is 23.4 Å². The number of anilines is 1. The maximum absolute atomic E-state index is 5.87. The number of aryl methyl sites for hydroxylation is 1. The maximum atomic E-state index is 5.87. The smallest absolute Gasteiger partial charge is 0.128 e. The number of aromatic nitrogens is 1. The summed E-state index contributed by atoms with van der Waals surface area (Å²) in [7, 11) is 0. The average Bonchev–Trinajstić information content (AvgIpc) is 3.12. The normalized spacial score (nSPS) is 15.0. The first-order valence-electron chi connectivity index (χ1n) is 6.52. The zero-order valence-corrected chi connectivity index (χ0v) is 11.5. The van der Waals surface area contributed by atoms with Crippen LogP contribution in [0.2, 0.25) is 0 Å². The van der Waals surface area contributed by atoms with Gasteiger partial charge >= 0.3 is 0 Å². The number of halogens is 1. The molecule has 0 aliphatic heterocycles. The molecule has 3 heteroatoms. The van der Waals surface area contributed by atoms with E-state index in [2.05, 4.69) is 28.9 Å². The predicted octanol–water partition coefficient (Wildman–Crippen LogP) is 3.76. The number of hydrogen-bond acceptors (Lipinski definition) is 2. The van der Waals surface area contributed by atoms with E-state index in [1.807, 2.05) is 6.92 Å². The number of nitrogens with zero attached hydrogens (tertiary/aromatic N) is 2. The van der Waals surface area contributed by atoms with Crippen molar-refractivity contribution < 1.29 is 0 Å². The van der Waals surface area contributed by atoms with Gasteiger partial charge in [0, 0.05) is 24.7 Å². The second-order valence-corrected chi connectivity index (χ2v) is 5.20. The molecule has 1 aliphatic carbocycles. The minimum absolute atomic E-state index is 0.551. The molecule has 17 heavy (non-hydrogen) atoms. The first-order chi connectivity index (χ1) is 8.24. The van der Waals surface area contributed by atoms with Gasteiger partial charge in [0.05, 0.1) is 0 Å². The van der Waals surface area contributed by atoms with Crippen molar-refractivity contribution in [2.24, 2.45) is 5.92 Å². The van der Waals surface area contributed by atoms with Crippen molar-refractivity contribution in [1.29, 1.82) is 0 Å². The van der Waals surface area contributed by atoms with E-state index in [1.54, 1.807) is 0 Å². The lowest BCUT2D eigenvalue weighted by Gasteiger charge is -2.23. The summed E-state index contributed by atoms with van der Waals surface area (Å²) in [6.07, 6.45) is 3.95. The van der Waals surface area contributed by atoms with Gasteiger partial charge < -0.3 is 4.90 Å². The van der Waals surface area contributed by atoms with Crippen molar-refractivity contribution in [1.82, 2.24) is 4.98 Å². The molecule has 0 bridgehead atoms. The van der Waals surface area contributed by atoms with Crippen LogP contribution in [-0.2, 0) is 5.88 Å². The molecule has 2 nitrogen and oxygen atoms in total. The van der Waals surface area contributed by atoms with E-state index in [0.29, 0.717) is 5.88 Å². The average molecular weight is 253 g/mol. The van der Waals surface area contributed by atoms with Gasteiger partial charge in [-0.15, -0.1) is 11.6 Å². The quantitative estimate of drug-likeness (QED) is 0.717. The molecule has 0 amide bonds. The molecule has 1 aliphatic rings. The SMILES string of the molecule is CCCN(CC1CC1)c1ccc(CCl)c(C)n1. The van der Waals surface area contributed by atoms with E-state index >= 15 is 0 Å². The molecule has 94 valence electrons. The van der Waals surface area contributed by atoms with Crippen LogP contribution >= 0.6 is 11.6 Å². The Balaban J connectivity index is 2.13. The zero-order chi connectivity index (χ0) is 12.3. The molecular weight excluding hydrogens is 232 g/mol. The van der Waals surface area contributed by atoms with Gasteiger partial charge in [0.1, 0.15) is 5.82 Å². The fraction of sp³-hybridized carbons (Fsp3) is 0.643. The van der Waals surface area contributed by atoms with E-state index in [1.165, 1.54) is 25.8 Å². The van der Waals surface area contributed by atoms with Gasteiger partial charge in [-0.3, -0.25) is 0 Å². The Morgan fingerprint density at radius 3 is 2.71 bits per heavy atom. The fourth-order valence-corrected chi connectivity index (χ4v) is 2.36. The lowest BCUT2D eigenvalue weighted by atomic mass is 10.2. The second-order valence-electron chi connectivity index (χ2n) is 4.94. The first kappa shape index (κ1) is 12.7. The lowest BCUT2D eigenvalue weighted by Crippen LogP contribution is -2.27. The van der Waals surface area contributed by atoms with Crippen LogP contribution in [0.1, 0.15) is 37.4 Å². The Morgan fingerprint density at radius 1 is 1.41 bits per heavy atom. The number of pyridine rings is 1. The molecule has 1 aromatic heterocycles. The minimum Gasteiger partial charge on any atom is -0.356 e. The molecule has 1 fully saturated rings. The van der Waals surface area contributed by atoms with E-state index < -0.39 is 0 Å². The van der Waals surface area contributed by atoms with E-state index in [4.69, 9.17) is 11.6 Å². The Kier molecular flexibility index (Phi) is 4.27. The number of hydrogen-bond donors (Lipinski definition) is 0. The summed E-state index contributed by atoms with van der Waals surface area (Å²) in [6.45, 7) is 6.53. The largest absolute Gasteiger partial charge is 0.356 e. The van der Waals surface area contributed by atoms with E-state index in [-0.39, 0.29) is 0 Å². The standard InChI is InChI=1S/C14H21ClN2/c1-3-8-17(10-12-4-5-12)14-7-6-13(9-15)11(2)16-14/h6-7,12H,3-5,8-10H2,1-2H3. The molecule has 0 aromatic carbocycles. The molecule has 0 atom stereocenters. The van der Waals surface area contributed by atoms with Crippen LogP contribution in [0.5, 0.6) is 0 Å². The van der Waals surface area contributed by atoms with Crippen molar-refractivity contribution in [3.63, 3.8) is 0 Å². The van der Waals surface area contributed by atoms with Gasteiger partial charge in [0.2, 0.25) is 0 Å². The highest BCUT2D eigenvalue weighted by molar-refractivity contribution is 6.17. The van der Waals surface area contributed by atoms with Crippen molar-refractivity contribution >= 4 is 17.4 Å². The molecule has 1 aromatic rings. The summed E-state index contributed by atoms with van der Waals surface area (Å²) in [5, 5.41) is 0. The Hall–Kier alpha value is -0.760. The summed E-state index contributed by atoms with van der Waals surface area (Å²) in [6, 6.07) is 4.23. The predicted molar refractivity (Wildman–Crippen MR) is 73.8 cm³/mol. The summed E-state index contributed by atoms with van der Waals surface area (Å²) >= 11 is 5.87. The van der Waals surface area contributed by atoms with Crippen LogP contribution in [0.3, 0.4) is 0 Å². The Bertz CT molecular complexity index is 374. The monoisotopic (exact) mass is 252 g/mol. The first-order valence-corrected chi connectivity index (χ1v) is 7.05. The fourth-order valence-electron chi connectivity index (χ4n) is 2.08. The summed E-state index contributed by atoms with van der Waals surface area (Å²) in [5.74, 6) is 2.57. The van der Waals surface area contributed by atoms with Crippen LogP contribution in [0.4, 0.5) is 5.82 Å². The number of alkyl halides is 1. The maximum Gasteiger partial charge on any atom is 0.128 e. The van der Waals surface area contributed by atoms with Crippen LogP contribution in [0.25, 0.3) is 0 Å². The Labute approximate surface area is 109 Å². The van der Waals surface area contributed by atoms with Gasteiger partial charge in [-0.25, -0.2) is 4.98 Å². The third-order valence-corrected chi connectivity index (χ3v) is 3.61. The topological polar surface area (TPSA) is 16.1 Å². The number of rotatable bonds is 6. The van der Waals surface area contributed by atoms with Gasteiger partial charge in [0.15, 0.2) is 0 Å². The Morgan fingerprint density at radius 2 is 2.18 bits per heavy atom. The van der Waals surface area contributed by atoms with Gasteiger partial charge in [-0.05, 0) is 43.7 Å². The molecule has 0 spiro atoms. The molecule has 2 rings (SSSR count).